The maximum Gasteiger partial charge on any atom is 0.405 e. The zero-order valence-electron chi connectivity index (χ0n) is 19.2. The Morgan fingerprint density at radius 2 is 1.70 bits per heavy atom. The minimum Gasteiger partial charge on any atom is -0.483 e. The molecule has 194 valence electrons. The Hall–Kier alpha value is -4.39. The quantitative estimate of drug-likeness (QED) is 0.324. The Morgan fingerprint density at radius 1 is 1.05 bits per heavy atom. The molecule has 3 N–H and O–H groups in total. The molecule has 2 aromatic heterocycles. The van der Waals surface area contributed by atoms with Crippen LogP contribution in [0.5, 0.6) is 0 Å². The Balaban J connectivity index is 0.00000121. The van der Waals surface area contributed by atoms with Gasteiger partial charge in [-0.3, -0.25) is 9.20 Å². The second kappa shape index (κ2) is 11.1. The summed E-state index contributed by atoms with van der Waals surface area (Å²) in [5, 5.41) is 11.0. The Morgan fingerprint density at radius 3 is 2.38 bits per heavy atom. The standard InChI is InChI=1S/C23H19F3N4O3S.CH2O2/c1-34(32,33)19-7-3-4-15(11-19)16-8-9-30-20(13-27-21(30)12-16)17-5-2-6-18(10-17)29-22(31)28-14-23(24,25)26;2-1-3/h2-13H,14H2,1H3,(H2,28,29,31);1H,(H,2,3). The van der Waals surface area contributed by atoms with E-state index in [9.17, 15) is 26.4 Å². The smallest absolute Gasteiger partial charge is 0.405 e. The zero-order chi connectivity index (χ0) is 27.2. The van der Waals surface area contributed by atoms with E-state index in [-0.39, 0.29) is 11.4 Å². The van der Waals surface area contributed by atoms with E-state index in [0.717, 1.165) is 17.4 Å². The molecule has 0 fully saturated rings. The first-order valence-electron chi connectivity index (χ1n) is 10.5. The van der Waals surface area contributed by atoms with E-state index in [2.05, 4.69) is 10.3 Å². The average Bonchev–Trinajstić information content (AvgIpc) is 3.26. The third-order valence-electron chi connectivity index (χ3n) is 4.97. The van der Waals surface area contributed by atoms with Crippen molar-refractivity contribution in [2.24, 2.45) is 0 Å². The first-order valence-corrected chi connectivity index (χ1v) is 12.4. The van der Waals surface area contributed by atoms with Gasteiger partial charge >= 0.3 is 12.2 Å². The molecule has 0 aliphatic carbocycles. The molecule has 0 aliphatic heterocycles. The van der Waals surface area contributed by atoms with E-state index in [4.69, 9.17) is 9.90 Å². The maximum atomic E-state index is 12.3. The third kappa shape index (κ3) is 7.30. The lowest BCUT2D eigenvalue weighted by Crippen LogP contribution is -2.36. The highest BCUT2D eigenvalue weighted by Crippen LogP contribution is 2.28. The number of carbonyl (C=O) groups excluding carboxylic acids is 1. The van der Waals surface area contributed by atoms with Crippen LogP contribution in [0.25, 0.3) is 28.0 Å². The highest BCUT2D eigenvalue weighted by Gasteiger charge is 2.27. The van der Waals surface area contributed by atoms with Gasteiger partial charge in [-0.05, 0) is 47.5 Å². The number of sulfone groups is 1. The number of carboxylic acid groups (broad SMARTS) is 1. The van der Waals surface area contributed by atoms with Crippen molar-refractivity contribution in [3.05, 3.63) is 73.1 Å². The highest BCUT2D eigenvalue weighted by molar-refractivity contribution is 7.90. The molecule has 0 bridgehead atoms. The summed E-state index contributed by atoms with van der Waals surface area (Å²) < 4.78 is 62.4. The second-order valence-corrected chi connectivity index (χ2v) is 9.71. The molecule has 2 aromatic carbocycles. The SMILES string of the molecule is CS(=O)(=O)c1cccc(-c2ccn3c(-c4cccc(NC(=O)NCC(F)(F)F)c4)cnc3c2)c1.O=CO. The monoisotopic (exact) mass is 534 g/mol. The van der Waals surface area contributed by atoms with Crippen molar-refractivity contribution in [1.82, 2.24) is 14.7 Å². The number of fused-ring (bicyclic) bond motifs is 1. The predicted octanol–water partition coefficient (Wildman–Crippen LogP) is 4.46. The van der Waals surface area contributed by atoms with Crippen molar-refractivity contribution >= 4 is 33.7 Å². The number of alkyl halides is 3. The van der Waals surface area contributed by atoms with Crippen LogP contribution in [-0.2, 0) is 14.6 Å². The summed E-state index contributed by atoms with van der Waals surface area (Å²) in [6, 6.07) is 15.9. The van der Waals surface area contributed by atoms with Crippen molar-refractivity contribution in [3.8, 4) is 22.4 Å². The highest BCUT2D eigenvalue weighted by atomic mass is 32.2. The van der Waals surface area contributed by atoms with Crippen LogP contribution in [-0.4, -0.2) is 54.4 Å². The summed E-state index contributed by atoms with van der Waals surface area (Å²) in [7, 11) is -3.34. The van der Waals surface area contributed by atoms with Gasteiger partial charge in [0.25, 0.3) is 6.47 Å². The molecule has 4 rings (SSSR count). The van der Waals surface area contributed by atoms with Gasteiger partial charge in [-0.15, -0.1) is 0 Å². The molecule has 0 radical (unpaired) electrons. The number of halogens is 3. The molecule has 37 heavy (non-hydrogen) atoms. The van der Waals surface area contributed by atoms with Crippen LogP contribution in [0.2, 0.25) is 0 Å². The normalized spacial score (nSPS) is 11.4. The van der Waals surface area contributed by atoms with E-state index in [1.807, 2.05) is 22.6 Å². The number of nitrogens with one attached hydrogen (secondary N) is 2. The van der Waals surface area contributed by atoms with E-state index in [1.54, 1.807) is 54.1 Å². The van der Waals surface area contributed by atoms with Gasteiger partial charge in [-0.25, -0.2) is 18.2 Å². The van der Waals surface area contributed by atoms with Crippen molar-refractivity contribution in [1.29, 1.82) is 0 Å². The lowest BCUT2D eigenvalue weighted by molar-refractivity contribution is -0.123. The fourth-order valence-corrected chi connectivity index (χ4v) is 4.06. The molecule has 4 aromatic rings. The molecule has 0 saturated carbocycles. The lowest BCUT2D eigenvalue weighted by Gasteiger charge is -2.11. The molecule has 0 spiro atoms. The molecule has 0 aliphatic rings. The van der Waals surface area contributed by atoms with E-state index >= 15 is 0 Å². The van der Waals surface area contributed by atoms with Gasteiger partial charge in [0.15, 0.2) is 9.84 Å². The van der Waals surface area contributed by atoms with Crippen LogP contribution in [0.4, 0.5) is 23.7 Å². The number of carbonyl (C=O) groups is 2. The molecule has 0 atom stereocenters. The van der Waals surface area contributed by atoms with Crippen molar-refractivity contribution < 1.29 is 36.3 Å². The maximum absolute atomic E-state index is 12.3. The number of anilines is 1. The molecule has 2 heterocycles. The summed E-state index contributed by atoms with van der Waals surface area (Å²) in [6.45, 7) is -1.68. The molecule has 2 amide bonds. The van der Waals surface area contributed by atoms with Crippen LogP contribution < -0.4 is 10.6 Å². The summed E-state index contributed by atoms with van der Waals surface area (Å²) in [4.78, 5) is 24.8. The van der Waals surface area contributed by atoms with Gasteiger partial charge in [0, 0.05) is 23.7 Å². The van der Waals surface area contributed by atoms with Crippen molar-refractivity contribution in [2.45, 2.75) is 11.1 Å². The number of aromatic nitrogens is 2. The number of urea groups is 1. The molecule has 0 unspecified atom stereocenters. The van der Waals surface area contributed by atoms with Crippen molar-refractivity contribution in [3.63, 3.8) is 0 Å². The van der Waals surface area contributed by atoms with Gasteiger partial charge in [-0.1, -0.05) is 24.3 Å². The number of rotatable bonds is 5. The van der Waals surface area contributed by atoms with Crippen molar-refractivity contribution in [2.75, 3.05) is 18.1 Å². The molecule has 13 heteroatoms. The van der Waals surface area contributed by atoms with Crippen LogP contribution in [0, 0.1) is 0 Å². The van der Waals surface area contributed by atoms with Crippen LogP contribution >= 0.6 is 0 Å². The van der Waals surface area contributed by atoms with Gasteiger partial charge in [0.2, 0.25) is 0 Å². The number of amides is 2. The molecule has 0 saturated heterocycles. The van der Waals surface area contributed by atoms with Crippen LogP contribution in [0.1, 0.15) is 0 Å². The first-order chi connectivity index (χ1) is 17.4. The zero-order valence-corrected chi connectivity index (χ0v) is 20.0. The summed E-state index contributed by atoms with van der Waals surface area (Å²) in [5.74, 6) is 0. The summed E-state index contributed by atoms with van der Waals surface area (Å²) >= 11 is 0. The van der Waals surface area contributed by atoms with Gasteiger partial charge in [-0.2, -0.15) is 13.2 Å². The largest absolute Gasteiger partial charge is 0.483 e. The molecular weight excluding hydrogens is 513 g/mol. The van der Waals surface area contributed by atoms with E-state index in [1.165, 1.54) is 6.07 Å². The topological polar surface area (TPSA) is 130 Å². The lowest BCUT2D eigenvalue weighted by atomic mass is 10.1. The summed E-state index contributed by atoms with van der Waals surface area (Å²) in [6.07, 6.45) is 0.0743. The summed E-state index contributed by atoms with van der Waals surface area (Å²) in [5.41, 5.74) is 3.83. The average molecular weight is 535 g/mol. The number of hydrogen-bond acceptors (Lipinski definition) is 5. The van der Waals surface area contributed by atoms with Gasteiger partial charge < -0.3 is 15.7 Å². The number of imidazole rings is 1. The van der Waals surface area contributed by atoms with E-state index < -0.39 is 28.6 Å². The number of hydrogen-bond donors (Lipinski definition) is 3. The fraction of sp³-hybridized carbons (Fsp3) is 0.125. The Bertz CT molecular complexity index is 1530. The van der Waals surface area contributed by atoms with E-state index in [0.29, 0.717) is 22.6 Å². The molecular formula is C24H21F3N4O5S. The number of nitrogens with zero attached hydrogens (tertiary/aromatic N) is 2. The van der Waals surface area contributed by atoms with Gasteiger partial charge in [0.1, 0.15) is 12.2 Å². The van der Waals surface area contributed by atoms with Crippen LogP contribution in [0.3, 0.4) is 0 Å². The predicted molar refractivity (Wildman–Crippen MR) is 131 cm³/mol. The Kier molecular flexibility index (Phi) is 8.17. The Labute approximate surface area is 209 Å². The second-order valence-electron chi connectivity index (χ2n) is 7.70. The minimum absolute atomic E-state index is 0.220. The number of benzene rings is 2. The molecule has 9 nitrogen and oxygen atoms in total. The number of pyridine rings is 1. The fourth-order valence-electron chi connectivity index (χ4n) is 3.39. The third-order valence-corrected chi connectivity index (χ3v) is 6.08. The first kappa shape index (κ1) is 27.2. The minimum atomic E-state index is -4.50. The van der Waals surface area contributed by atoms with Crippen LogP contribution in [0.15, 0.2) is 78.0 Å². The van der Waals surface area contributed by atoms with Gasteiger partial charge in [0.05, 0.1) is 16.8 Å².